The normalized spacial score (nSPS) is 12.1. The molecule has 3 aromatic rings. The summed E-state index contributed by atoms with van der Waals surface area (Å²) in [6, 6.07) is 8.72. The molecule has 1 aliphatic rings. The molecule has 8 nitrogen and oxygen atoms in total. The van der Waals surface area contributed by atoms with Crippen molar-refractivity contribution in [2.24, 2.45) is 0 Å². The molecule has 2 aromatic carbocycles. The molecule has 4 rings (SSSR count). The minimum atomic E-state index is -0.572. The highest BCUT2D eigenvalue weighted by atomic mass is 16.7. The highest BCUT2D eigenvalue weighted by Crippen LogP contribution is 2.37. The highest BCUT2D eigenvalue weighted by molar-refractivity contribution is 6.05. The molecule has 8 heteroatoms. The van der Waals surface area contributed by atoms with Gasteiger partial charge in [-0.3, -0.25) is 14.4 Å². The third kappa shape index (κ3) is 3.98. The van der Waals surface area contributed by atoms with Gasteiger partial charge in [0.25, 0.3) is 5.91 Å². The molecule has 0 aliphatic carbocycles. The first-order valence-electron chi connectivity index (χ1n) is 9.27. The summed E-state index contributed by atoms with van der Waals surface area (Å²) in [5, 5.41) is 3.41. The predicted molar refractivity (Wildman–Crippen MR) is 107 cm³/mol. The average Bonchev–Trinajstić information content (AvgIpc) is 3.32. The van der Waals surface area contributed by atoms with Crippen LogP contribution >= 0.6 is 0 Å². The van der Waals surface area contributed by atoms with Crippen molar-refractivity contribution in [3.63, 3.8) is 0 Å². The van der Waals surface area contributed by atoms with E-state index in [9.17, 15) is 14.4 Å². The number of esters is 1. The van der Waals surface area contributed by atoms with E-state index in [0.717, 1.165) is 10.9 Å². The standard InChI is InChI=1S/C22H19NO7/c1-12-3-4-15-14(9-27-18(15)5-12)6-22(26)28-10-21(25)23-17-8-20-19(29-11-30-20)7-16(17)13(2)24/h3-5,7-9H,6,10-11H2,1-2H3,(H,23,25). The Hall–Kier alpha value is -3.81. The number of anilines is 1. The quantitative estimate of drug-likeness (QED) is 0.491. The molecule has 0 unspecified atom stereocenters. The van der Waals surface area contributed by atoms with Gasteiger partial charge in [-0.1, -0.05) is 12.1 Å². The molecule has 1 aromatic heterocycles. The van der Waals surface area contributed by atoms with E-state index in [1.54, 1.807) is 0 Å². The van der Waals surface area contributed by atoms with Crippen LogP contribution in [0.1, 0.15) is 28.4 Å². The van der Waals surface area contributed by atoms with Crippen molar-refractivity contribution >= 4 is 34.3 Å². The van der Waals surface area contributed by atoms with Crippen molar-refractivity contribution < 1.29 is 33.0 Å². The van der Waals surface area contributed by atoms with Crippen LogP contribution in [-0.2, 0) is 20.7 Å². The second-order valence-corrected chi connectivity index (χ2v) is 6.95. The van der Waals surface area contributed by atoms with E-state index in [4.69, 9.17) is 18.6 Å². The number of hydrogen-bond acceptors (Lipinski definition) is 7. The van der Waals surface area contributed by atoms with Gasteiger partial charge in [-0.15, -0.1) is 0 Å². The Balaban J connectivity index is 1.38. The largest absolute Gasteiger partial charge is 0.464 e. The lowest BCUT2D eigenvalue weighted by Gasteiger charge is -2.11. The molecule has 30 heavy (non-hydrogen) atoms. The van der Waals surface area contributed by atoms with Gasteiger partial charge >= 0.3 is 5.97 Å². The van der Waals surface area contributed by atoms with Gasteiger partial charge in [-0.25, -0.2) is 0 Å². The molecule has 2 heterocycles. The third-order valence-corrected chi connectivity index (χ3v) is 4.68. The number of furan rings is 1. The Bertz CT molecular complexity index is 1160. The molecular formula is C22H19NO7. The highest BCUT2D eigenvalue weighted by Gasteiger charge is 2.21. The van der Waals surface area contributed by atoms with Crippen molar-refractivity contribution in [2.75, 3.05) is 18.7 Å². The first-order chi connectivity index (χ1) is 14.4. The number of benzene rings is 2. The van der Waals surface area contributed by atoms with Gasteiger partial charge < -0.3 is 23.9 Å². The molecule has 154 valence electrons. The maximum atomic E-state index is 12.3. The van der Waals surface area contributed by atoms with E-state index >= 15 is 0 Å². The second kappa shape index (κ2) is 7.90. The van der Waals surface area contributed by atoms with Gasteiger partial charge in [0.15, 0.2) is 23.9 Å². The number of amides is 1. The number of ketones is 1. The molecule has 0 bridgehead atoms. The Morgan fingerprint density at radius 3 is 2.63 bits per heavy atom. The Morgan fingerprint density at radius 1 is 1.10 bits per heavy atom. The van der Waals surface area contributed by atoms with Crippen LogP contribution in [0.5, 0.6) is 11.5 Å². The lowest BCUT2D eigenvalue weighted by atomic mass is 10.1. The number of hydrogen-bond donors (Lipinski definition) is 1. The summed E-state index contributed by atoms with van der Waals surface area (Å²) in [6.45, 7) is 2.89. The van der Waals surface area contributed by atoms with Crippen LogP contribution < -0.4 is 14.8 Å². The molecule has 0 saturated heterocycles. The minimum Gasteiger partial charge on any atom is -0.464 e. The van der Waals surface area contributed by atoms with Crippen molar-refractivity contribution in [1.29, 1.82) is 0 Å². The summed E-state index contributed by atoms with van der Waals surface area (Å²) in [4.78, 5) is 36.3. The fraction of sp³-hybridized carbons (Fsp3) is 0.227. The molecule has 0 radical (unpaired) electrons. The minimum absolute atomic E-state index is 0.0218. The average molecular weight is 409 g/mol. The fourth-order valence-electron chi connectivity index (χ4n) is 3.20. The van der Waals surface area contributed by atoms with Gasteiger partial charge in [0.2, 0.25) is 6.79 Å². The molecule has 0 atom stereocenters. The van der Waals surface area contributed by atoms with Crippen molar-refractivity contribution in [3.8, 4) is 11.5 Å². The van der Waals surface area contributed by atoms with Crippen LogP contribution in [0.2, 0.25) is 0 Å². The summed E-state index contributed by atoms with van der Waals surface area (Å²) in [6.07, 6.45) is 1.49. The van der Waals surface area contributed by atoms with Crippen LogP contribution in [0.15, 0.2) is 41.0 Å². The van der Waals surface area contributed by atoms with Gasteiger partial charge in [-0.2, -0.15) is 0 Å². The fourth-order valence-corrected chi connectivity index (χ4v) is 3.20. The lowest BCUT2D eigenvalue weighted by molar-refractivity contribution is -0.146. The van der Waals surface area contributed by atoms with Gasteiger partial charge in [-0.05, 0) is 31.5 Å². The number of fused-ring (bicyclic) bond motifs is 2. The summed E-state index contributed by atoms with van der Waals surface area (Å²) < 4.78 is 21.1. The van der Waals surface area contributed by atoms with E-state index in [1.165, 1.54) is 25.3 Å². The monoisotopic (exact) mass is 409 g/mol. The molecule has 0 fully saturated rings. The van der Waals surface area contributed by atoms with Crippen LogP contribution in [0.25, 0.3) is 11.0 Å². The number of Topliss-reactive ketones (excluding diaryl/α,β-unsaturated/α-hetero) is 1. The summed E-state index contributed by atoms with van der Waals surface area (Å²) in [7, 11) is 0. The molecule has 0 saturated carbocycles. The molecule has 1 N–H and O–H groups in total. The number of aryl methyl sites for hydroxylation is 1. The van der Waals surface area contributed by atoms with Gasteiger partial charge in [0.1, 0.15) is 5.58 Å². The smallest absolute Gasteiger partial charge is 0.310 e. The lowest BCUT2D eigenvalue weighted by Crippen LogP contribution is -2.22. The number of carbonyl (C=O) groups is 3. The maximum absolute atomic E-state index is 12.3. The van der Waals surface area contributed by atoms with Crippen molar-refractivity contribution in [3.05, 3.63) is 53.3 Å². The first-order valence-corrected chi connectivity index (χ1v) is 9.27. The van der Waals surface area contributed by atoms with Gasteiger partial charge in [0, 0.05) is 22.6 Å². The molecule has 0 spiro atoms. The Labute approximate surface area is 171 Å². The topological polar surface area (TPSA) is 104 Å². The zero-order chi connectivity index (χ0) is 21.3. The van der Waals surface area contributed by atoms with Crippen LogP contribution in [0.3, 0.4) is 0 Å². The summed E-state index contributed by atoms with van der Waals surface area (Å²) in [5.41, 5.74) is 2.97. The zero-order valence-electron chi connectivity index (χ0n) is 16.4. The van der Waals surface area contributed by atoms with Crippen molar-refractivity contribution in [2.45, 2.75) is 20.3 Å². The third-order valence-electron chi connectivity index (χ3n) is 4.68. The van der Waals surface area contributed by atoms with E-state index in [2.05, 4.69) is 5.32 Å². The van der Waals surface area contributed by atoms with Gasteiger partial charge in [0.05, 0.1) is 18.4 Å². The molecular weight excluding hydrogens is 390 g/mol. The second-order valence-electron chi connectivity index (χ2n) is 6.95. The molecule has 1 aliphatic heterocycles. The number of carbonyl (C=O) groups excluding carboxylic acids is 3. The summed E-state index contributed by atoms with van der Waals surface area (Å²) >= 11 is 0. The molecule has 1 amide bonds. The van der Waals surface area contributed by atoms with Crippen LogP contribution in [0, 0.1) is 6.92 Å². The van der Waals surface area contributed by atoms with E-state index < -0.39 is 18.5 Å². The van der Waals surface area contributed by atoms with Crippen LogP contribution in [-0.4, -0.2) is 31.1 Å². The Morgan fingerprint density at radius 2 is 1.87 bits per heavy atom. The number of rotatable bonds is 6. The van der Waals surface area contributed by atoms with E-state index in [1.807, 2.05) is 25.1 Å². The predicted octanol–water partition coefficient (Wildman–Crippen LogP) is 3.40. The first kappa shape index (κ1) is 19.5. The van der Waals surface area contributed by atoms with Crippen molar-refractivity contribution in [1.82, 2.24) is 0 Å². The number of ether oxygens (including phenoxy) is 3. The SMILES string of the molecule is CC(=O)c1cc2c(cc1NC(=O)COC(=O)Cc1coc3cc(C)ccc13)OCO2. The van der Waals surface area contributed by atoms with Crippen LogP contribution in [0.4, 0.5) is 5.69 Å². The Kier molecular flexibility index (Phi) is 5.14. The maximum Gasteiger partial charge on any atom is 0.310 e. The number of nitrogens with one attached hydrogen (secondary N) is 1. The summed E-state index contributed by atoms with van der Waals surface area (Å²) in [5.74, 6) is -0.521. The van der Waals surface area contributed by atoms with E-state index in [0.29, 0.717) is 22.6 Å². The van der Waals surface area contributed by atoms with E-state index in [-0.39, 0.29) is 30.2 Å². The zero-order valence-corrected chi connectivity index (χ0v) is 16.4.